The number of nitriles is 1. The minimum atomic E-state index is -0.566. The number of para-hydroxylation sites is 2. The molecule has 0 bridgehead atoms. The molecule has 0 unspecified atom stereocenters. The second kappa shape index (κ2) is 9.70. The van der Waals surface area contributed by atoms with Crippen LogP contribution in [0.15, 0.2) is 140 Å². The Hall–Kier alpha value is -6.09. The first-order chi connectivity index (χ1) is 23.3. The number of thiophene rings is 1. The summed E-state index contributed by atoms with van der Waals surface area (Å²) in [6, 6.07) is 50.5. The van der Waals surface area contributed by atoms with Crippen LogP contribution in [-0.4, -0.2) is 9.97 Å². The zero-order chi connectivity index (χ0) is 31.1. The van der Waals surface area contributed by atoms with Crippen LogP contribution in [0.4, 0.5) is 0 Å². The number of fused-ring (bicyclic) bond motifs is 12. The third-order valence-corrected chi connectivity index (χ3v) is 10.8. The fourth-order valence-electron chi connectivity index (χ4n) is 7.73. The molecule has 5 heteroatoms. The Kier molecular flexibility index (Phi) is 5.40. The molecule has 8 aromatic rings. The molecule has 2 aromatic heterocycles. The second-order valence-electron chi connectivity index (χ2n) is 12.0. The fraction of sp³-hybridized carbons (Fsp3) is 0.0238. The number of hydrogen-bond acceptors (Lipinski definition) is 5. The molecular formula is C42H23N3OS. The van der Waals surface area contributed by atoms with Gasteiger partial charge in [-0.3, -0.25) is 0 Å². The maximum atomic E-state index is 9.68. The van der Waals surface area contributed by atoms with Crippen molar-refractivity contribution in [3.8, 4) is 51.3 Å². The first-order valence-electron chi connectivity index (χ1n) is 15.6. The van der Waals surface area contributed by atoms with Gasteiger partial charge in [0.25, 0.3) is 0 Å². The van der Waals surface area contributed by atoms with Gasteiger partial charge < -0.3 is 4.74 Å². The van der Waals surface area contributed by atoms with Gasteiger partial charge in [0.15, 0.2) is 5.82 Å². The van der Waals surface area contributed by atoms with E-state index in [0.717, 1.165) is 59.7 Å². The van der Waals surface area contributed by atoms with Crippen LogP contribution in [0, 0.1) is 11.3 Å². The Morgan fingerprint density at radius 2 is 1.28 bits per heavy atom. The van der Waals surface area contributed by atoms with Gasteiger partial charge in [-0.25, -0.2) is 9.97 Å². The number of ether oxygens (including phenoxy) is 1. The van der Waals surface area contributed by atoms with Crippen LogP contribution < -0.4 is 4.74 Å². The summed E-state index contributed by atoms with van der Waals surface area (Å²) in [6.45, 7) is 0. The molecule has 0 atom stereocenters. The SMILES string of the molecule is N#Cc1cccc(-c2nc(-c3cccc4c3-c3ccccc3C43c4ccccc4Oc4ccccc43)c3sc4ccccc4c3n2)c1. The number of benzene rings is 6. The molecule has 1 aliphatic heterocycles. The molecule has 0 N–H and O–H groups in total. The van der Waals surface area contributed by atoms with Crippen molar-refractivity contribution in [1.29, 1.82) is 5.26 Å². The van der Waals surface area contributed by atoms with Crippen molar-refractivity contribution in [3.63, 3.8) is 0 Å². The first-order valence-corrected chi connectivity index (χ1v) is 16.4. The molecule has 1 spiro atoms. The molecule has 0 amide bonds. The Morgan fingerprint density at radius 3 is 2.09 bits per heavy atom. The van der Waals surface area contributed by atoms with E-state index in [2.05, 4.69) is 109 Å². The quantitative estimate of drug-likeness (QED) is 0.194. The lowest BCUT2D eigenvalue weighted by Crippen LogP contribution is -2.32. The molecule has 0 saturated heterocycles. The van der Waals surface area contributed by atoms with Crippen molar-refractivity contribution in [1.82, 2.24) is 9.97 Å². The molecule has 10 rings (SSSR count). The lowest BCUT2D eigenvalue weighted by atomic mass is 9.66. The van der Waals surface area contributed by atoms with Gasteiger partial charge >= 0.3 is 0 Å². The van der Waals surface area contributed by atoms with E-state index in [9.17, 15) is 5.26 Å². The van der Waals surface area contributed by atoms with Gasteiger partial charge in [0, 0.05) is 32.3 Å². The summed E-state index contributed by atoms with van der Waals surface area (Å²) in [5.74, 6) is 2.34. The molecule has 2 aliphatic rings. The van der Waals surface area contributed by atoms with Crippen LogP contribution in [0.5, 0.6) is 11.5 Å². The number of aromatic nitrogens is 2. The third-order valence-electron chi connectivity index (χ3n) is 9.60. The van der Waals surface area contributed by atoms with Crippen molar-refractivity contribution >= 4 is 31.6 Å². The van der Waals surface area contributed by atoms with Gasteiger partial charge in [-0.1, -0.05) is 109 Å². The summed E-state index contributed by atoms with van der Waals surface area (Å²) in [5, 5.41) is 10.8. The van der Waals surface area contributed by atoms with E-state index < -0.39 is 5.41 Å². The lowest BCUT2D eigenvalue weighted by Gasteiger charge is -2.39. The summed E-state index contributed by atoms with van der Waals surface area (Å²) in [4.78, 5) is 10.5. The van der Waals surface area contributed by atoms with E-state index in [-0.39, 0.29) is 0 Å². The molecule has 6 aromatic carbocycles. The van der Waals surface area contributed by atoms with Gasteiger partial charge in [0.2, 0.25) is 0 Å². The maximum Gasteiger partial charge on any atom is 0.160 e. The van der Waals surface area contributed by atoms with Gasteiger partial charge in [-0.15, -0.1) is 11.3 Å². The molecule has 0 radical (unpaired) electrons. The highest BCUT2D eigenvalue weighted by Crippen LogP contribution is 2.63. The van der Waals surface area contributed by atoms with Gasteiger partial charge in [-0.05, 0) is 52.6 Å². The Balaban J connectivity index is 1.34. The maximum absolute atomic E-state index is 9.68. The molecule has 218 valence electrons. The minimum Gasteiger partial charge on any atom is -0.457 e. The molecule has 3 heterocycles. The second-order valence-corrected chi connectivity index (χ2v) is 13.0. The molecule has 0 saturated carbocycles. The monoisotopic (exact) mass is 617 g/mol. The van der Waals surface area contributed by atoms with Crippen LogP contribution >= 0.6 is 11.3 Å². The van der Waals surface area contributed by atoms with E-state index in [0.29, 0.717) is 11.4 Å². The Labute approximate surface area is 274 Å². The number of hydrogen-bond donors (Lipinski definition) is 0. The van der Waals surface area contributed by atoms with Crippen molar-refractivity contribution in [2.75, 3.05) is 0 Å². The van der Waals surface area contributed by atoms with E-state index >= 15 is 0 Å². The summed E-state index contributed by atoms with van der Waals surface area (Å²) in [7, 11) is 0. The van der Waals surface area contributed by atoms with Crippen LogP contribution in [-0.2, 0) is 5.41 Å². The first kappa shape index (κ1) is 26.2. The predicted octanol–water partition coefficient (Wildman–Crippen LogP) is 10.5. The van der Waals surface area contributed by atoms with Crippen LogP contribution in [0.1, 0.15) is 27.8 Å². The molecule has 1 aliphatic carbocycles. The average molecular weight is 618 g/mol. The fourth-order valence-corrected chi connectivity index (χ4v) is 8.88. The number of nitrogens with zero attached hydrogens (tertiary/aromatic N) is 3. The van der Waals surface area contributed by atoms with E-state index in [1.807, 2.05) is 36.4 Å². The highest BCUT2D eigenvalue weighted by molar-refractivity contribution is 7.26. The van der Waals surface area contributed by atoms with E-state index in [1.165, 1.54) is 22.3 Å². The molecule has 47 heavy (non-hydrogen) atoms. The van der Waals surface area contributed by atoms with Crippen molar-refractivity contribution in [3.05, 3.63) is 167 Å². The van der Waals surface area contributed by atoms with Gasteiger partial charge in [0.1, 0.15) is 11.5 Å². The highest BCUT2D eigenvalue weighted by atomic mass is 32.1. The average Bonchev–Trinajstić information content (AvgIpc) is 3.66. The van der Waals surface area contributed by atoms with Crippen LogP contribution in [0.3, 0.4) is 0 Å². The minimum absolute atomic E-state index is 0.566. The smallest absolute Gasteiger partial charge is 0.160 e. The van der Waals surface area contributed by atoms with Crippen molar-refractivity contribution in [2.24, 2.45) is 0 Å². The normalized spacial score (nSPS) is 13.4. The van der Waals surface area contributed by atoms with Gasteiger partial charge in [0.05, 0.1) is 33.0 Å². The zero-order valence-electron chi connectivity index (χ0n) is 24.9. The van der Waals surface area contributed by atoms with Crippen LogP contribution in [0.2, 0.25) is 0 Å². The predicted molar refractivity (Wildman–Crippen MR) is 188 cm³/mol. The largest absolute Gasteiger partial charge is 0.457 e. The van der Waals surface area contributed by atoms with Crippen molar-refractivity contribution < 1.29 is 4.74 Å². The zero-order valence-corrected chi connectivity index (χ0v) is 25.8. The van der Waals surface area contributed by atoms with Crippen LogP contribution in [0.25, 0.3) is 54.1 Å². The highest BCUT2D eigenvalue weighted by Gasteiger charge is 2.51. The van der Waals surface area contributed by atoms with Crippen molar-refractivity contribution in [2.45, 2.75) is 5.41 Å². The molecular weight excluding hydrogens is 595 g/mol. The summed E-state index contributed by atoms with van der Waals surface area (Å²) in [6.07, 6.45) is 0. The van der Waals surface area contributed by atoms with Gasteiger partial charge in [-0.2, -0.15) is 5.26 Å². The topological polar surface area (TPSA) is 58.8 Å². The van der Waals surface area contributed by atoms with E-state index in [1.54, 1.807) is 11.3 Å². The lowest BCUT2D eigenvalue weighted by molar-refractivity contribution is 0.436. The summed E-state index contributed by atoms with van der Waals surface area (Å²) >= 11 is 1.73. The summed E-state index contributed by atoms with van der Waals surface area (Å²) < 4.78 is 8.75. The molecule has 4 nitrogen and oxygen atoms in total. The summed E-state index contributed by atoms with van der Waals surface area (Å²) in [5.41, 5.74) is 10.8. The standard InChI is InChI=1S/C42H23N3OS/c43-24-25-11-9-12-26(23-25)41-44-38-28-14-2-8-22-36(28)47-40(38)39(45-41)29-15-10-19-33-37(29)27-13-1-3-16-30(27)42(33)31-17-4-6-20-34(31)46-35-21-7-5-18-32(35)42/h1-23H. The Morgan fingerprint density at radius 1 is 0.617 bits per heavy atom. The Bertz CT molecular complexity index is 2600. The molecule has 0 fully saturated rings. The third kappa shape index (κ3) is 3.51. The van der Waals surface area contributed by atoms with E-state index in [4.69, 9.17) is 14.7 Å². The number of rotatable bonds is 2.